The number of carbonyl (C=O) groups is 1. The second kappa shape index (κ2) is 8.64. The number of hydrogen-bond acceptors (Lipinski definition) is 3. The molecule has 21 heavy (non-hydrogen) atoms. The third kappa shape index (κ3) is 7.11. The van der Waals surface area contributed by atoms with Crippen molar-refractivity contribution in [2.75, 3.05) is 18.4 Å². The second-order valence-corrected chi connectivity index (χ2v) is 5.61. The summed E-state index contributed by atoms with van der Waals surface area (Å²) in [5.74, 6) is -0.115. The van der Waals surface area contributed by atoms with E-state index in [1.54, 1.807) is 24.3 Å². The topological polar surface area (TPSA) is 67.2 Å². The van der Waals surface area contributed by atoms with Crippen LogP contribution < -0.4 is 16.4 Å². The molecule has 0 atom stereocenters. The van der Waals surface area contributed by atoms with Crippen LogP contribution in [-0.4, -0.2) is 24.5 Å². The molecule has 0 radical (unpaired) electrons. The molecule has 0 heterocycles. The molecule has 4 N–H and O–H groups in total. The maximum absolute atomic E-state index is 12.4. The zero-order valence-corrected chi connectivity index (χ0v) is 13.4. The van der Waals surface area contributed by atoms with Gasteiger partial charge in [0.05, 0.1) is 6.33 Å². The minimum atomic E-state index is -0.268. The molecule has 0 bridgehead atoms. The molecule has 0 fully saturated rings. The second-order valence-electron chi connectivity index (χ2n) is 5.61. The van der Waals surface area contributed by atoms with Crippen LogP contribution in [0.25, 0.3) is 0 Å². The van der Waals surface area contributed by atoms with Gasteiger partial charge in [0.15, 0.2) is 0 Å². The maximum atomic E-state index is 12.4. The van der Waals surface area contributed by atoms with Crippen LogP contribution in [-0.2, 0) is 0 Å². The summed E-state index contributed by atoms with van der Waals surface area (Å²) < 4.78 is 12.4. The molecule has 1 aromatic carbocycles. The number of hydrogen-bond donors (Lipinski definition) is 3. The van der Waals surface area contributed by atoms with E-state index in [1.807, 2.05) is 20.8 Å². The standard InChI is InChI=1S/C15H22FN3O.ClH/c1-15(2,3)19-14(20)12-4-6-13(7-5-12)18-10-11(8-16)9-17;/h4-8,18H,9-10,17H2,1-3H3,(H,19,20);1H/b11-8+;. The van der Waals surface area contributed by atoms with Crippen molar-refractivity contribution in [1.82, 2.24) is 5.32 Å². The zero-order chi connectivity index (χ0) is 15.2. The average Bonchev–Trinajstić information content (AvgIpc) is 2.38. The van der Waals surface area contributed by atoms with Gasteiger partial charge in [-0.15, -0.1) is 12.4 Å². The Hall–Kier alpha value is -1.59. The van der Waals surface area contributed by atoms with Gasteiger partial charge in [0, 0.05) is 29.9 Å². The normalized spacial score (nSPS) is 11.6. The molecule has 6 heteroatoms. The van der Waals surface area contributed by atoms with Crippen molar-refractivity contribution in [3.05, 3.63) is 41.7 Å². The predicted octanol–water partition coefficient (Wildman–Crippen LogP) is 2.86. The fourth-order valence-electron chi connectivity index (χ4n) is 1.52. The minimum Gasteiger partial charge on any atom is -0.381 e. The van der Waals surface area contributed by atoms with Crippen LogP contribution in [0.15, 0.2) is 36.2 Å². The SMILES string of the molecule is CC(C)(C)NC(=O)c1ccc(NC/C(=C/F)CN)cc1.Cl. The molecule has 0 aliphatic rings. The van der Waals surface area contributed by atoms with Crippen molar-refractivity contribution in [1.29, 1.82) is 0 Å². The van der Waals surface area contributed by atoms with E-state index < -0.39 is 0 Å². The molecule has 1 rings (SSSR count). The molecule has 1 aromatic rings. The number of nitrogens with one attached hydrogen (secondary N) is 2. The smallest absolute Gasteiger partial charge is 0.251 e. The predicted molar refractivity (Wildman–Crippen MR) is 87.6 cm³/mol. The number of carbonyl (C=O) groups excluding carboxylic acids is 1. The lowest BCUT2D eigenvalue weighted by Crippen LogP contribution is -2.40. The fourth-order valence-corrected chi connectivity index (χ4v) is 1.52. The molecule has 0 saturated heterocycles. The van der Waals surface area contributed by atoms with E-state index in [0.717, 1.165) is 5.69 Å². The van der Waals surface area contributed by atoms with Gasteiger partial charge in [-0.25, -0.2) is 4.39 Å². The van der Waals surface area contributed by atoms with Crippen LogP contribution in [0.3, 0.4) is 0 Å². The Morgan fingerprint density at radius 1 is 1.29 bits per heavy atom. The Bertz CT molecular complexity index is 481. The van der Waals surface area contributed by atoms with Crippen molar-refractivity contribution in [3.63, 3.8) is 0 Å². The molecular formula is C15H23ClFN3O. The van der Waals surface area contributed by atoms with Gasteiger partial charge in [-0.1, -0.05) is 0 Å². The summed E-state index contributed by atoms with van der Waals surface area (Å²) >= 11 is 0. The van der Waals surface area contributed by atoms with Crippen LogP contribution in [0.5, 0.6) is 0 Å². The summed E-state index contributed by atoms with van der Waals surface area (Å²) in [4.78, 5) is 11.9. The van der Waals surface area contributed by atoms with Crippen LogP contribution in [0, 0.1) is 0 Å². The molecule has 0 aliphatic carbocycles. The van der Waals surface area contributed by atoms with E-state index >= 15 is 0 Å². The maximum Gasteiger partial charge on any atom is 0.251 e. The van der Waals surface area contributed by atoms with Gasteiger partial charge in [-0.2, -0.15) is 0 Å². The van der Waals surface area contributed by atoms with Crippen molar-refractivity contribution >= 4 is 24.0 Å². The van der Waals surface area contributed by atoms with E-state index in [1.165, 1.54) is 0 Å². The third-order valence-corrected chi connectivity index (χ3v) is 2.57. The molecule has 4 nitrogen and oxygen atoms in total. The van der Waals surface area contributed by atoms with Gasteiger partial charge >= 0.3 is 0 Å². The Morgan fingerprint density at radius 2 is 1.86 bits per heavy atom. The Kier molecular flexibility index (Phi) is 7.99. The zero-order valence-electron chi connectivity index (χ0n) is 12.6. The van der Waals surface area contributed by atoms with Crippen molar-refractivity contribution < 1.29 is 9.18 Å². The summed E-state index contributed by atoms with van der Waals surface area (Å²) in [6.45, 7) is 6.31. The van der Waals surface area contributed by atoms with Gasteiger partial charge in [-0.3, -0.25) is 4.79 Å². The summed E-state index contributed by atoms with van der Waals surface area (Å²) in [6, 6.07) is 7.02. The lowest BCUT2D eigenvalue weighted by Gasteiger charge is -2.20. The van der Waals surface area contributed by atoms with Crippen molar-refractivity contribution in [3.8, 4) is 0 Å². The van der Waals surface area contributed by atoms with Crippen LogP contribution >= 0.6 is 12.4 Å². The number of nitrogens with two attached hydrogens (primary N) is 1. The van der Waals surface area contributed by atoms with Crippen LogP contribution in [0.1, 0.15) is 31.1 Å². The Labute approximate surface area is 131 Å². The monoisotopic (exact) mass is 315 g/mol. The largest absolute Gasteiger partial charge is 0.381 e. The number of rotatable bonds is 5. The van der Waals surface area contributed by atoms with Gasteiger partial charge < -0.3 is 16.4 Å². The first-order chi connectivity index (χ1) is 9.35. The quantitative estimate of drug-likeness (QED) is 0.782. The van der Waals surface area contributed by atoms with Gasteiger partial charge in [0.2, 0.25) is 0 Å². The highest BCUT2D eigenvalue weighted by molar-refractivity contribution is 5.94. The highest BCUT2D eigenvalue weighted by Crippen LogP contribution is 2.11. The summed E-state index contributed by atoms with van der Waals surface area (Å²) in [7, 11) is 0. The molecule has 0 spiro atoms. The van der Waals surface area contributed by atoms with Gasteiger partial charge in [-0.05, 0) is 50.6 Å². The first-order valence-electron chi connectivity index (χ1n) is 6.50. The van der Waals surface area contributed by atoms with E-state index in [4.69, 9.17) is 5.73 Å². The average molecular weight is 316 g/mol. The van der Waals surface area contributed by atoms with E-state index in [0.29, 0.717) is 24.0 Å². The van der Waals surface area contributed by atoms with E-state index in [-0.39, 0.29) is 30.4 Å². The van der Waals surface area contributed by atoms with Crippen LogP contribution in [0.2, 0.25) is 0 Å². The molecule has 0 saturated carbocycles. The summed E-state index contributed by atoms with van der Waals surface area (Å²) in [5.41, 5.74) is 6.99. The number of benzene rings is 1. The number of amides is 1. The molecule has 118 valence electrons. The number of anilines is 1. The highest BCUT2D eigenvalue weighted by atomic mass is 35.5. The van der Waals surface area contributed by atoms with Crippen LogP contribution in [0.4, 0.5) is 10.1 Å². The Balaban J connectivity index is 0.00000400. The first-order valence-corrected chi connectivity index (χ1v) is 6.50. The minimum absolute atomic E-state index is 0. The van der Waals surface area contributed by atoms with E-state index in [9.17, 15) is 9.18 Å². The number of halogens is 2. The molecular weight excluding hydrogens is 293 g/mol. The molecule has 0 aromatic heterocycles. The Morgan fingerprint density at radius 3 is 2.29 bits per heavy atom. The van der Waals surface area contributed by atoms with E-state index in [2.05, 4.69) is 10.6 Å². The fraction of sp³-hybridized carbons (Fsp3) is 0.400. The van der Waals surface area contributed by atoms with Gasteiger partial charge in [0.25, 0.3) is 5.91 Å². The first kappa shape index (κ1) is 19.4. The lowest BCUT2D eigenvalue weighted by molar-refractivity contribution is 0.0919. The van der Waals surface area contributed by atoms with Crippen molar-refractivity contribution in [2.45, 2.75) is 26.3 Å². The molecule has 0 aliphatic heterocycles. The molecule has 0 unspecified atom stereocenters. The van der Waals surface area contributed by atoms with Crippen molar-refractivity contribution in [2.24, 2.45) is 5.73 Å². The lowest BCUT2D eigenvalue weighted by atomic mass is 10.1. The highest BCUT2D eigenvalue weighted by Gasteiger charge is 2.14. The summed E-state index contributed by atoms with van der Waals surface area (Å²) in [5, 5.41) is 5.93. The molecule has 1 amide bonds. The van der Waals surface area contributed by atoms with Gasteiger partial charge in [0.1, 0.15) is 0 Å². The summed E-state index contributed by atoms with van der Waals surface area (Å²) in [6.07, 6.45) is 0.512. The third-order valence-electron chi connectivity index (χ3n) is 2.57.